The second-order valence-electron chi connectivity index (χ2n) is 4.18. The van der Waals surface area contributed by atoms with Crippen LogP contribution in [0.4, 0.5) is 0 Å². The molecule has 0 radical (unpaired) electrons. The molecule has 92 valence electrons. The number of hydrogen-bond donors (Lipinski definition) is 1. The molecule has 1 aliphatic rings. The molecule has 1 fully saturated rings. The lowest BCUT2D eigenvalue weighted by Gasteiger charge is -2.11. The minimum Gasteiger partial charge on any atom is -0.376 e. The molecule has 1 N–H and O–H groups in total. The van der Waals surface area contributed by atoms with Gasteiger partial charge in [0, 0.05) is 24.6 Å². The molecule has 0 aromatic heterocycles. The first kappa shape index (κ1) is 12.4. The summed E-state index contributed by atoms with van der Waals surface area (Å²) in [6, 6.07) is 7.36. The van der Waals surface area contributed by atoms with Crippen LogP contribution in [0.25, 0.3) is 0 Å². The summed E-state index contributed by atoms with van der Waals surface area (Å²) in [5.74, 6) is 0.361. The third kappa shape index (κ3) is 3.45. The molecular weight excluding hydrogens is 238 g/mol. The molecule has 17 heavy (non-hydrogen) atoms. The Morgan fingerprint density at radius 2 is 2.41 bits per heavy atom. The largest absolute Gasteiger partial charge is 0.376 e. The van der Waals surface area contributed by atoms with E-state index in [1.165, 1.54) is 0 Å². The predicted octanol–water partition coefficient (Wildman–Crippen LogP) is 2.33. The lowest BCUT2D eigenvalue weighted by Crippen LogP contribution is -2.31. The minimum absolute atomic E-state index is 0.0625. The van der Waals surface area contributed by atoms with Crippen LogP contribution in [0.5, 0.6) is 0 Å². The number of nitrogens with one attached hydrogen (secondary N) is 1. The Labute approximate surface area is 106 Å². The van der Waals surface area contributed by atoms with Crippen molar-refractivity contribution in [3.8, 4) is 0 Å². The van der Waals surface area contributed by atoms with Gasteiger partial charge in [-0.1, -0.05) is 12.1 Å². The van der Waals surface area contributed by atoms with E-state index in [1.807, 2.05) is 18.2 Å². The van der Waals surface area contributed by atoms with Crippen molar-refractivity contribution in [3.63, 3.8) is 0 Å². The zero-order chi connectivity index (χ0) is 12.1. The van der Waals surface area contributed by atoms with Gasteiger partial charge in [-0.05, 0) is 30.5 Å². The molecule has 1 saturated heterocycles. The Bertz CT molecular complexity index is 389. The Morgan fingerprint density at radius 3 is 3.12 bits per heavy atom. The third-order valence-electron chi connectivity index (χ3n) is 2.86. The van der Waals surface area contributed by atoms with Gasteiger partial charge in [-0.15, -0.1) is 11.6 Å². The molecule has 1 heterocycles. The number of halogens is 1. The highest BCUT2D eigenvalue weighted by Crippen LogP contribution is 2.11. The van der Waals surface area contributed by atoms with Crippen LogP contribution in [0.15, 0.2) is 24.3 Å². The SMILES string of the molecule is O=C(NCC1CCCO1)c1cccc(CCl)c1. The number of hydrogen-bond acceptors (Lipinski definition) is 2. The Kier molecular flexibility index (Phi) is 4.40. The van der Waals surface area contributed by atoms with Crippen molar-refractivity contribution in [3.05, 3.63) is 35.4 Å². The van der Waals surface area contributed by atoms with Crippen LogP contribution in [0.1, 0.15) is 28.8 Å². The number of carbonyl (C=O) groups is 1. The first-order chi connectivity index (χ1) is 8.29. The minimum atomic E-state index is -0.0625. The summed E-state index contributed by atoms with van der Waals surface area (Å²) >= 11 is 5.73. The highest BCUT2D eigenvalue weighted by Gasteiger charge is 2.16. The number of benzene rings is 1. The first-order valence-corrected chi connectivity index (χ1v) is 6.38. The van der Waals surface area contributed by atoms with Gasteiger partial charge in [0.05, 0.1) is 6.10 Å². The highest BCUT2D eigenvalue weighted by molar-refractivity contribution is 6.17. The molecule has 1 unspecified atom stereocenters. The van der Waals surface area contributed by atoms with E-state index in [-0.39, 0.29) is 12.0 Å². The van der Waals surface area contributed by atoms with Crippen molar-refractivity contribution in [2.45, 2.75) is 24.8 Å². The van der Waals surface area contributed by atoms with Crippen LogP contribution in [0, 0.1) is 0 Å². The van der Waals surface area contributed by atoms with Crippen molar-refractivity contribution in [2.75, 3.05) is 13.2 Å². The predicted molar refractivity (Wildman–Crippen MR) is 67.3 cm³/mol. The van der Waals surface area contributed by atoms with Crippen LogP contribution in [0.3, 0.4) is 0 Å². The van der Waals surface area contributed by atoms with Gasteiger partial charge >= 0.3 is 0 Å². The Balaban J connectivity index is 1.89. The molecule has 1 amide bonds. The van der Waals surface area contributed by atoms with Crippen LogP contribution >= 0.6 is 11.6 Å². The fraction of sp³-hybridized carbons (Fsp3) is 0.462. The summed E-state index contributed by atoms with van der Waals surface area (Å²) in [6.07, 6.45) is 2.29. The van der Waals surface area contributed by atoms with Gasteiger partial charge in [-0.2, -0.15) is 0 Å². The first-order valence-electron chi connectivity index (χ1n) is 5.84. The molecular formula is C13H16ClNO2. The number of rotatable bonds is 4. The van der Waals surface area contributed by atoms with Crippen molar-refractivity contribution >= 4 is 17.5 Å². The number of amides is 1. The van der Waals surface area contributed by atoms with Crippen molar-refractivity contribution in [2.24, 2.45) is 0 Å². The van der Waals surface area contributed by atoms with E-state index in [4.69, 9.17) is 16.3 Å². The van der Waals surface area contributed by atoms with E-state index in [9.17, 15) is 4.79 Å². The van der Waals surface area contributed by atoms with E-state index in [2.05, 4.69) is 5.32 Å². The molecule has 0 bridgehead atoms. The number of ether oxygens (including phenoxy) is 1. The molecule has 1 atom stereocenters. The van der Waals surface area contributed by atoms with Crippen molar-refractivity contribution in [1.29, 1.82) is 0 Å². The monoisotopic (exact) mass is 253 g/mol. The quantitative estimate of drug-likeness (QED) is 0.837. The average Bonchev–Trinajstić information content (AvgIpc) is 2.89. The summed E-state index contributed by atoms with van der Waals surface area (Å²) in [5, 5.41) is 2.89. The fourth-order valence-electron chi connectivity index (χ4n) is 1.91. The second kappa shape index (κ2) is 6.03. The molecule has 4 heteroatoms. The van der Waals surface area contributed by atoms with Crippen molar-refractivity contribution in [1.82, 2.24) is 5.32 Å². The van der Waals surface area contributed by atoms with E-state index < -0.39 is 0 Å². The summed E-state index contributed by atoms with van der Waals surface area (Å²) in [7, 11) is 0. The molecule has 1 aromatic carbocycles. The van der Waals surface area contributed by atoms with E-state index in [0.29, 0.717) is 18.0 Å². The third-order valence-corrected chi connectivity index (χ3v) is 3.17. The van der Waals surface area contributed by atoms with Gasteiger partial charge in [0.2, 0.25) is 0 Å². The van der Waals surface area contributed by atoms with Crippen LogP contribution in [-0.4, -0.2) is 25.2 Å². The topological polar surface area (TPSA) is 38.3 Å². The molecule has 0 saturated carbocycles. The zero-order valence-electron chi connectivity index (χ0n) is 9.62. The van der Waals surface area contributed by atoms with Gasteiger partial charge in [-0.3, -0.25) is 4.79 Å². The average molecular weight is 254 g/mol. The Hall–Kier alpha value is -1.06. The summed E-state index contributed by atoms with van der Waals surface area (Å²) < 4.78 is 5.45. The fourth-order valence-corrected chi connectivity index (χ4v) is 2.08. The van der Waals surface area contributed by atoms with Gasteiger partial charge in [0.1, 0.15) is 0 Å². The summed E-state index contributed by atoms with van der Waals surface area (Å²) in [4.78, 5) is 11.9. The lowest BCUT2D eigenvalue weighted by atomic mass is 10.1. The van der Waals surface area contributed by atoms with Crippen LogP contribution in [-0.2, 0) is 10.6 Å². The normalized spacial score (nSPS) is 19.2. The maximum Gasteiger partial charge on any atom is 0.251 e. The maximum absolute atomic E-state index is 11.9. The molecule has 1 aromatic rings. The smallest absolute Gasteiger partial charge is 0.251 e. The summed E-state index contributed by atoms with van der Waals surface area (Å²) in [5.41, 5.74) is 1.61. The zero-order valence-corrected chi connectivity index (χ0v) is 10.4. The standard InChI is InChI=1S/C13H16ClNO2/c14-8-10-3-1-4-11(7-10)13(16)15-9-12-5-2-6-17-12/h1,3-4,7,12H,2,5-6,8-9H2,(H,15,16). The van der Waals surface area contributed by atoms with Crippen LogP contribution < -0.4 is 5.32 Å². The molecule has 3 nitrogen and oxygen atoms in total. The van der Waals surface area contributed by atoms with E-state index in [1.54, 1.807) is 6.07 Å². The number of carbonyl (C=O) groups excluding carboxylic acids is 1. The van der Waals surface area contributed by atoms with E-state index in [0.717, 1.165) is 25.0 Å². The van der Waals surface area contributed by atoms with Gasteiger partial charge in [0.15, 0.2) is 0 Å². The summed E-state index contributed by atoms with van der Waals surface area (Å²) in [6.45, 7) is 1.40. The van der Waals surface area contributed by atoms with E-state index >= 15 is 0 Å². The van der Waals surface area contributed by atoms with Gasteiger partial charge in [0.25, 0.3) is 5.91 Å². The molecule has 0 spiro atoms. The molecule has 2 rings (SSSR count). The van der Waals surface area contributed by atoms with Gasteiger partial charge in [-0.25, -0.2) is 0 Å². The maximum atomic E-state index is 11.9. The van der Waals surface area contributed by atoms with Crippen LogP contribution in [0.2, 0.25) is 0 Å². The highest BCUT2D eigenvalue weighted by atomic mass is 35.5. The lowest BCUT2D eigenvalue weighted by molar-refractivity contribution is 0.0857. The molecule has 0 aliphatic carbocycles. The molecule has 1 aliphatic heterocycles. The second-order valence-corrected chi connectivity index (χ2v) is 4.45. The van der Waals surface area contributed by atoms with Crippen molar-refractivity contribution < 1.29 is 9.53 Å². The number of alkyl halides is 1. The Morgan fingerprint density at radius 1 is 1.53 bits per heavy atom. The van der Waals surface area contributed by atoms with Gasteiger partial charge < -0.3 is 10.1 Å².